The predicted octanol–water partition coefficient (Wildman–Crippen LogP) is 1.74. The van der Waals surface area contributed by atoms with Gasteiger partial charge in [-0.3, -0.25) is 14.4 Å². The number of ether oxygens (including phenoxy) is 2. The van der Waals surface area contributed by atoms with Crippen LogP contribution in [-0.4, -0.2) is 48.2 Å². The van der Waals surface area contributed by atoms with E-state index < -0.39 is 12.1 Å². The number of aromatic nitrogens is 2. The van der Waals surface area contributed by atoms with Crippen molar-refractivity contribution in [3.8, 4) is 0 Å². The predicted molar refractivity (Wildman–Crippen MR) is 110 cm³/mol. The van der Waals surface area contributed by atoms with E-state index in [4.69, 9.17) is 9.47 Å². The molecule has 8 nitrogen and oxygen atoms in total. The lowest BCUT2D eigenvalue weighted by atomic mass is 9.89. The van der Waals surface area contributed by atoms with Gasteiger partial charge in [-0.1, -0.05) is 6.92 Å². The lowest BCUT2D eigenvalue weighted by molar-refractivity contribution is -0.154. The Morgan fingerprint density at radius 3 is 2.97 bits per heavy atom. The van der Waals surface area contributed by atoms with Crippen LogP contribution in [0.15, 0.2) is 4.79 Å². The Morgan fingerprint density at radius 1 is 1.41 bits per heavy atom. The highest BCUT2D eigenvalue weighted by Crippen LogP contribution is 2.35. The van der Waals surface area contributed by atoms with Crippen molar-refractivity contribution < 1.29 is 19.1 Å². The molecule has 3 rings (SSSR count). The Labute approximate surface area is 173 Å². The minimum Gasteiger partial charge on any atom is -0.453 e. The SMILES string of the molecule is COCCNC(=O)[C@@H](C)OC(=O)CCc1nc2sc3c(c2c(=O)[nH]1)CC[C@@H](C)C3. The zero-order valence-electron chi connectivity index (χ0n) is 17.0. The van der Waals surface area contributed by atoms with E-state index >= 15 is 0 Å². The van der Waals surface area contributed by atoms with Crippen LogP contribution in [0, 0.1) is 5.92 Å². The zero-order valence-corrected chi connectivity index (χ0v) is 17.8. The second-order valence-electron chi connectivity index (χ2n) is 7.46. The molecule has 0 aromatic carbocycles. The van der Waals surface area contributed by atoms with Crippen molar-refractivity contribution in [2.24, 2.45) is 5.92 Å². The average Bonchev–Trinajstić information content (AvgIpc) is 3.04. The highest BCUT2D eigenvalue weighted by atomic mass is 32.1. The fourth-order valence-electron chi connectivity index (χ4n) is 3.46. The van der Waals surface area contributed by atoms with Gasteiger partial charge in [0.05, 0.1) is 18.4 Å². The molecule has 0 bridgehead atoms. The van der Waals surface area contributed by atoms with Gasteiger partial charge in [-0.25, -0.2) is 4.98 Å². The van der Waals surface area contributed by atoms with E-state index in [1.54, 1.807) is 11.3 Å². The highest BCUT2D eigenvalue weighted by Gasteiger charge is 2.23. The molecule has 1 aliphatic rings. The first-order chi connectivity index (χ1) is 13.9. The minimum absolute atomic E-state index is 0.0340. The van der Waals surface area contributed by atoms with E-state index in [1.165, 1.54) is 18.9 Å². The number of hydrogen-bond acceptors (Lipinski definition) is 7. The van der Waals surface area contributed by atoms with Gasteiger partial charge >= 0.3 is 5.97 Å². The Hall–Kier alpha value is -2.26. The highest BCUT2D eigenvalue weighted by molar-refractivity contribution is 7.18. The summed E-state index contributed by atoms with van der Waals surface area (Å²) in [5.74, 6) is 0.198. The van der Waals surface area contributed by atoms with Crippen molar-refractivity contribution in [2.45, 2.75) is 52.1 Å². The van der Waals surface area contributed by atoms with Crippen molar-refractivity contribution in [3.63, 3.8) is 0 Å². The molecule has 2 aromatic heterocycles. The molecule has 0 aliphatic heterocycles. The second kappa shape index (κ2) is 9.49. The minimum atomic E-state index is -0.889. The number of esters is 1. The van der Waals surface area contributed by atoms with E-state index in [-0.39, 0.29) is 24.3 Å². The second-order valence-corrected chi connectivity index (χ2v) is 8.54. The van der Waals surface area contributed by atoms with Gasteiger partial charge in [0, 0.05) is 25.0 Å². The van der Waals surface area contributed by atoms with Crippen LogP contribution in [0.1, 0.15) is 43.0 Å². The van der Waals surface area contributed by atoms with Gasteiger partial charge in [0.25, 0.3) is 11.5 Å². The molecule has 0 radical (unpaired) electrons. The molecule has 9 heteroatoms. The number of rotatable bonds is 8. The van der Waals surface area contributed by atoms with Crippen molar-refractivity contribution >= 4 is 33.4 Å². The lowest BCUT2D eigenvalue weighted by Crippen LogP contribution is -2.37. The smallest absolute Gasteiger partial charge is 0.307 e. The van der Waals surface area contributed by atoms with Crippen LogP contribution in [0.25, 0.3) is 10.2 Å². The number of carbonyl (C=O) groups excluding carboxylic acids is 2. The number of hydrogen-bond donors (Lipinski definition) is 2. The summed E-state index contributed by atoms with van der Waals surface area (Å²) in [7, 11) is 1.54. The first kappa shape index (κ1) is 21.4. The fraction of sp³-hybridized carbons (Fsp3) is 0.600. The van der Waals surface area contributed by atoms with Crippen molar-refractivity contribution in [3.05, 3.63) is 26.6 Å². The van der Waals surface area contributed by atoms with Crippen LogP contribution >= 0.6 is 11.3 Å². The number of methoxy groups -OCH3 is 1. The van der Waals surface area contributed by atoms with Gasteiger partial charge in [-0.05, 0) is 37.7 Å². The van der Waals surface area contributed by atoms with Gasteiger partial charge < -0.3 is 19.8 Å². The topological polar surface area (TPSA) is 110 Å². The third-order valence-corrected chi connectivity index (χ3v) is 6.21. The molecular formula is C20H27N3O5S. The normalized spacial score (nSPS) is 17.0. The van der Waals surface area contributed by atoms with Crippen LogP contribution in [0.4, 0.5) is 0 Å². The van der Waals surface area contributed by atoms with E-state index in [1.807, 2.05) is 0 Å². The fourth-order valence-corrected chi connectivity index (χ4v) is 4.86. The van der Waals surface area contributed by atoms with Crippen molar-refractivity contribution in [1.29, 1.82) is 0 Å². The van der Waals surface area contributed by atoms with E-state index in [2.05, 4.69) is 22.2 Å². The number of nitrogens with zero attached hydrogens (tertiary/aromatic N) is 1. The Bertz CT molecular complexity index is 951. The summed E-state index contributed by atoms with van der Waals surface area (Å²) in [6.45, 7) is 4.48. The van der Waals surface area contributed by atoms with Crippen molar-refractivity contribution in [1.82, 2.24) is 15.3 Å². The molecule has 0 spiro atoms. The quantitative estimate of drug-likeness (QED) is 0.496. The molecule has 0 saturated heterocycles. The maximum Gasteiger partial charge on any atom is 0.307 e. The maximum absolute atomic E-state index is 12.6. The molecule has 158 valence electrons. The van der Waals surface area contributed by atoms with Gasteiger partial charge in [-0.15, -0.1) is 11.3 Å². The molecule has 2 heterocycles. The summed E-state index contributed by atoms with van der Waals surface area (Å²) in [6, 6.07) is 0. The molecule has 2 atom stereocenters. The van der Waals surface area contributed by atoms with Crippen LogP contribution in [0.5, 0.6) is 0 Å². The molecule has 2 aromatic rings. The monoisotopic (exact) mass is 421 g/mol. The van der Waals surface area contributed by atoms with E-state index in [0.717, 1.165) is 29.7 Å². The number of aryl methyl sites for hydroxylation is 2. The lowest BCUT2D eigenvalue weighted by Gasteiger charge is -2.17. The van der Waals surface area contributed by atoms with Gasteiger partial charge in [-0.2, -0.15) is 0 Å². The Balaban J connectivity index is 1.60. The van der Waals surface area contributed by atoms with E-state index in [9.17, 15) is 14.4 Å². The van der Waals surface area contributed by atoms with Gasteiger partial charge in [0.2, 0.25) is 0 Å². The van der Waals surface area contributed by atoms with Crippen LogP contribution in [0.2, 0.25) is 0 Å². The van der Waals surface area contributed by atoms with Crippen molar-refractivity contribution in [2.75, 3.05) is 20.3 Å². The van der Waals surface area contributed by atoms with Crippen LogP contribution in [0.3, 0.4) is 0 Å². The largest absolute Gasteiger partial charge is 0.453 e. The number of fused-ring (bicyclic) bond motifs is 3. The summed E-state index contributed by atoms with van der Waals surface area (Å²) in [5.41, 5.74) is 0.993. The number of H-pyrrole nitrogens is 1. The molecule has 1 amide bonds. The van der Waals surface area contributed by atoms with Crippen LogP contribution in [-0.2, 0) is 38.3 Å². The van der Waals surface area contributed by atoms with E-state index in [0.29, 0.717) is 30.3 Å². The molecule has 0 unspecified atom stereocenters. The standard InChI is InChI=1S/C20H27N3O5S/c1-11-4-5-13-14(10-11)29-20-17(13)19(26)22-15(23-20)6-7-16(24)28-12(2)18(25)21-8-9-27-3/h11-12H,4-10H2,1-3H3,(H,21,25)(H,22,23,26)/t11-,12-/m1/s1. The number of nitrogens with one attached hydrogen (secondary N) is 2. The van der Waals surface area contributed by atoms with Gasteiger partial charge in [0.1, 0.15) is 10.7 Å². The third kappa shape index (κ3) is 5.22. The summed E-state index contributed by atoms with van der Waals surface area (Å²) in [4.78, 5) is 45.8. The molecular weight excluding hydrogens is 394 g/mol. The Kier molecular flexibility index (Phi) is 7.02. The third-order valence-electron chi connectivity index (χ3n) is 5.06. The molecule has 29 heavy (non-hydrogen) atoms. The molecule has 0 fully saturated rings. The maximum atomic E-state index is 12.6. The number of aromatic amines is 1. The number of thiophene rings is 1. The summed E-state index contributed by atoms with van der Waals surface area (Å²) < 4.78 is 10.0. The number of amides is 1. The first-order valence-corrected chi connectivity index (χ1v) is 10.7. The van der Waals surface area contributed by atoms with Gasteiger partial charge in [0.15, 0.2) is 6.10 Å². The van der Waals surface area contributed by atoms with Crippen LogP contribution < -0.4 is 10.9 Å². The summed E-state index contributed by atoms with van der Waals surface area (Å²) in [5, 5.41) is 3.32. The number of carbonyl (C=O) groups is 2. The summed E-state index contributed by atoms with van der Waals surface area (Å²) >= 11 is 1.58. The molecule has 2 N–H and O–H groups in total. The molecule has 0 saturated carbocycles. The first-order valence-electron chi connectivity index (χ1n) is 9.88. The Morgan fingerprint density at radius 2 is 2.21 bits per heavy atom. The average molecular weight is 422 g/mol. The zero-order chi connectivity index (χ0) is 21.0. The molecule has 1 aliphatic carbocycles. The summed E-state index contributed by atoms with van der Waals surface area (Å²) in [6.07, 6.45) is 2.38.